The predicted molar refractivity (Wildman–Crippen MR) is 53.0 cm³/mol. The summed E-state index contributed by atoms with van der Waals surface area (Å²) in [5.41, 5.74) is 1.65. The Balaban J connectivity index is 2.48. The maximum atomic E-state index is 11.0. The van der Waals surface area contributed by atoms with E-state index >= 15 is 0 Å². The smallest absolute Gasteiger partial charge is 0.337 e. The van der Waals surface area contributed by atoms with E-state index in [4.69, 9.17) is 14.6 Å². The van der Waals surface area contributed by atoms with Crippen LogP contribution in [-0.2, 0) is 16.0 Å². The van der Waals surface area contributed by atoms with Gasteiger partial charge < -0.3 is 14.6 Å². The lowest BCUT2D eigenvalue weighted by Crippen LogP contribution is -2.23. The minimum absolute atomic E-state index is 0.421. The molecule has 0 amide bonds. The number of aliphatic carboxylic acids is 1. The lowest BCUT2D eigenvalue weighted by molar-refractivity contribution is -0.151. The van der Waals surface area contributed by atoms with Crippen LogP contribution >= 0.6 is 0 Å². The summed E-state index contributed by atoms with van der Waals surface area (Å²) >= 11 is 0. The van der Waals surface area contributed by atoms with Gasteiger partial charge in [-0.3, -0.25) is 0 Å². The van der Waals surface area contributed by atoms with Gasteiger partial charge in [0.1, 0.15) is 5.75 Å². The first-order chi connectivity index (χ1) is 7.24. The topological polar surface area (TPSA) is 55.8 Å². The van der Waals surface area contributed by atoms with Crippen molar-refractivity contribution in [1.29, 1.82) is 0 Å². The van der Waals surface area contributed by atoms with Crippen molar-refractivity contribution in [2.45, 2.75) is 12.5 Å². The predicted octanol–water partition coefficient (Wildman–Crippen LogP) is 1.39. The van der Waals surface area contributed by atoms with Gasteiger partial charge in [-0.05, 0) is 18.1 Å². The Hall–Kier alpha value is -1.55. The average molecular weight is 208 g/mol. The van der Waals surface area contributed by atoms with Crippen molar-refractivity contribution < 1.29 is 19.4 Å². The molecule has 0 bridgehead atoms. The van der Waals surface area contributed by atoms with E-state index in [-0.39, 0.29) is 0 Å². The van der Waals surface area contributed by atoms with Crippen LogP contribution in [0.15, 0.2) is 18.2 Å². The minimum Gasteiger partial charge on any atom is -0.496 e. The molecule has 80 valence electrons. The van der Waals surface area contributed by atoms with E-state index < -0.39 is 12.1 Å². The summed E-state index contributed by atoms with van der Waals surface area (Å²) in [7, 11) is 1.58. The van der Waals surface area contributed by atoms with Gasteiger partial charge in [0.05, 0.1) is 13.7 Å². The highest BCUT2D eigenvalue weighted by atomic mass is 16.5. The maximum absolute atomic E-state index is 11.0. The van der Waals surface area contributed by atoms with Gasteiger partial charge in [-0.25, -0.2) is 4.79 Å². The van der Waals surface area contributed by atoms with E-state index in [0.717, 1.165) is 11.3 Å². The zero-order valence-corrected chi connectivity index (χ0v) is 8.40. The fraction of sp³-hybridized carbons (Fsp3) is 0.364. The molecule has 0 aliphatic carbocycles. The molecule has 1 N–H and O–H groups in total. The quantitative estimate of drug-likeness (QED) is 0.798. The number of fused-ring (bicyclic) bond motifs is 1. The van der Waals surface area contributed by atoms with E-state index in [1.54, 1.807) is 19.2 Å². The van der Waals surface area contributed by atoms with Gasteiger partial charge >= 0.3 is 5.97 Å². The largest absolute Gasteiger partial charge is 0.496 e. The molecule has 4 heteroatoms. The van der Waals surface area contributed by atoms with Crippen molar-refractivity contribution >= 4 is 5.97 Å². The summed E-state index contributed by atoms with van der Waals surface area (Å²) < 4.78 is 10.4. The van der Waals surface area contributed by atoms with Crippen LogP contribution in [0.3, 0.4) is 0 Å². The molecule has 0 fully saturated rings. The van der Waals surface area contributed by atoms with Crippen molar-refractivity contribution in [1.82, 2.24) is 0 Å². The van der Waals surface area contributed by atoms with Crippen LogP contribution in [0.2, 0.25) is 0 Å². The van der Waals surface area contributed by atoms with Gasteiger partial charge in [0.2, 0.25) is 0 Å². The zero-order chi connectivity index (χ0) is 10.8. The van der Waals surface area contributed by atoms with Gasteiger partial charge in [-0.15, -0.1) is 0 Å². The number of ether oxygens (including phenoxy) is 2. The molecule has 1 aliphatic heterocycles. The van der Waals surface area contributed by atoms with E-state index in [1.165, 1.54) is 0 Å². The Morgan fingerprint density at radius 2 is 2.40 bits per heavy atom. The summed E-state index contributed by atoms with van der Waals surface area (Å²) in [4.78, 5) is 11.0. The zero-order valence-electron chi connectivity index (χ0n) is 8.40. The Labute approximate surface area is 87.4 Å². The van der Waals surface area contributed by atoms with Crippen LogP contribution in [0.5, 0.6) is 5.75 Å². The number of carboxylic acid groups (broad SMARTS) is 1. The fourth-order valence-corrected chi connectivity index (χ4v) is 1.86. The van der Waals surface area contributed by atoms with Crippen molar-refractivity contribution in [3.8, 4) is 5.75 Å². The number of rotatable bonds is 2. The summed E-state index contributed by atoms with van der Waals surface area (Å²) in [6, 6.07) is 5.39. The molecule has 0 radical (unpaired) electrons. The maximum Gasteiger partial charge on any atom is 0.337 e. The molecule has 0 unspecified atom stereocenters. The Morgan fingerprint density at radius 3 is 3.07 bits per heavy atom. The molecule has 0 spiro atoms. The number of benzene rings is 1. The van der Waals surface area contributed by atoms with Crippen LogP contribution in [0, 0.1) is 0 Å². The van der Waals surface area contributed by atoms with Crippen molar-refractivity contribution in [3.63, 3.8) is 0 Å². The minimum atomic E-state index is -0.954. The van der Waals surface area contributed by atoms with E-state index in [9.17, 15) is 4.79 Å². The first kappa shape index (κ1) is 9.98. The monoisotopic (exact) mass is 208 g/mol. The van der Waals surface area contributed by atoms with Gasteiger partial charge in [-0.2, -0.15) is 0 Å². The third-order valence-corrected chi connectivity index (χ3v) is 2.53. The van der Waals surface area contributed by atoms with Crippen molar-refractivity contribution in [2.24, 2.45) is 0 Å². The highest BCUT2D eigenvalue weighted by Crippen LogP contribution is 2.33. The first-order valence-corrected chi connectivity index (χ1v) is 4.74. The molecule has 1 atom stereocenters. The van der Waals surface area contributed by atoms with Crippen LogP contribution in [0.1, 0.15) is 17.2 Å². The Bertz CT molecular complexity index is 386. The lowest BCUT2D eigenvalue weighted by Gasteiger charge is -2.24. The summed E-state index contributed by atoms with van der Waals surface area (Å²) in [6.07, 6.45) is -0.160. The standard InChI is InChI=1S/C11H12O4/c1-14-9-4-2-3-8-7(9)5-6-15-10(8)11(12)13/h2-4,10H,5-6H2,1H3,(H,12,13)/t10-/m0/s1. The van der Waals surface area contributed by atoms with Crippen molar-refractivity contribution in [2.75, 3.05) is 13.7 Å². The molecule has 4 nitrogen and oxygen atoms in total. The Kier molecular flexibility index (Phi) is 2.60. The molecular weight excluding hydrogens is 196 g/mol. The van der Waals surface area contributed by atoms with E-state index in [0.29, 0.717) is 18.6 Å². The second-order valence-corrected chi connectivity index (χ2v) is 3.37. The molecule has 1 aromatic carbocycles. The summed E-state index contributed by atoms with van der Waals surface area (Å²) in [6.45, 7) is 0.421. The molecular formula is C11H12O4. The normalized spacial score (nSPS) is 19.4. The third kappa shape index (κ3) is 1.68. The highest BCUT2D eigenvalue weighted by molar-refractivity contribution is 5.75. The summed E-state index contributed by atoms with van der Waals surface area (Å²) in [5.74, 6) is -0.216. The molecule has 0 saturated heterocycles. The second kappa shape index (κ2) is 3.90. The molecule has 1 heterocycles. The first-order valence-electron chi connectivity index (χ1n) is 4.74. The van der Waals surface area contributed by atoms with E-state index in [1.807, 2.05) is 6.07 Å². The number of hydrogen-bond donors (Lipinski definition) is 1. The van der Waals surface area contributed by atoms with Gasteiger partial charge in [-0.1, -0.05) is 12.1 Å². The molecule has 1 aliphatic rings. The number of hydrogen-bond acceptors (Lipinski definition) is 3. The van der Waals surface area contributed by atoms with Gasteiger partial charge in [0, 0.05) is 5.56 Å². The number of carboxylic acids is 1. The molecule has 2 rings (SSSR count). The SMILES string of the molecule is COc1cccc2c1CCO[C@@H]2C(=O)O. The molecule has 1 aromatic rings. The van der Waals surface area contributed by atoms with E-state index in [2.05, 4.69) is 0 Å². The van der Waals surface area contributed by atoms with Gasteiger partial charge in [0.25, 0.3) is 0 Å². The van der Waals surface area contributed by atoms with Crippen LogP contribution < -0.4 is 4.74 Å². The average Bonchev–Trinajstić information content (AvgIpc) is 2.27. The van der Waals surface area contributed by atoms with Crippen LogP contribution in [0.4, 0.5) is 0 Å². The second-order valence-electron chi connectivity index (χ2n) is 3.37. The molecule has 0 saturated carbocycles. The van der Waals surface area contributed by atoms with Gasteiger partial charge in [0.15, 0.2) is 6.10 Å². The van der Waals surface area contributed by atoms with Crippen LogP contribution in [0.25, 0.3) is 0 Å². The molecule has 0 aromatic heterocycles. The lowest BCUT2D eigenvalue weighted by atomic mass is 9.96. The Morgan fingerprint density at radius 1 is 1.60 bits per heavy atom. The highest BCUT2D eigenvalue weighted by Gasteiger charge is 2.28. The van der Waals surface area contributed by atoms with Crippen LogP contribution in [-0.4, -0.2) is 24.8 Å². The molecule has 15 heavy (non-hydrogen) atoms. The summed E-state index contributed by atoms with van der Waals surface area (Å²) in [5, 5.41) is 8.98. The fourth-order valence-electron chi connectivity index (χ4n) is 1.86. The number of methoxy groups -OCH3 is 1. The third-order valence-electron chi connectivity index (χ3n) is 2.53. The van der Waals surface area contributed by atoms with Crippen molar-refractivity contribution in [3.05, 3.63) is 29.3 Å². The number of carbonyl (C=O) groups is 1.